The van der Waals surface area contributed by atoms with Gasteiger partial charge in [-0.2, -0.15) is 0 Å². The second-order valence-electron chi connectivity index (χ2n) is 4.54. The lowest BCUT2D eigenvalue weighted by molar-refractivity contribution is 0.400. The van der Waals surface area contributed by atoms with Crippen LogP contribution in [0.1, 0.15) is 26.7 Å². The fraction of sp³-hybridized carbons (Fsp3) is 0.800. The van der Waals surface area contributed by atoms with Crippen LogP contribution in [0.4, 0.5) is 0 Å². The third-order valence-corrected chi connectivity index (χ3v) is 4.51. The average molecular weight is 217 g/mol. The molecule has 1 N–H and O–H groups in total. The molecule has 1 fully saturated rings. The van der Waals surface area contributed by atoms with Crippen LogP contribution < -0.4 is 5.32 Å². The van der Waals surface area contributed by atoms with Gasteiger partial charge in [-0.1, -0.05) is 5.57 Å². The number of rotatable bonds is 4. The minimum atomic E-state index is -2.79. The predicted molar refractivity (Wildman–Crippen MR) is 59.1 cm³/mol. The van der Waals surface area contributed by atoms with E-state index in [0.717, 1.165) is 25.0 Å². The molecule has 0 saturated carbocycles. The maximum Gasteiger partial charge on any atom is 0.152 e. The molecule has 0 bridgehead atoms. The molecule has 4 heteroatoms. The van der Waals surface area contributed by atoms with Crippen LogP contribution in [0.25, 0.3) is 0 Å². The van der Waals surface area contributed by atoms with Crippen molar-refractivity contribution >= 4 is 9.84 Å². The van der Waals surface area contributed by atoms with Gasteiger partial charge < -0.3 is 5.32 Å². The van der Waals surface area contributed by atoms with Crippen LogP contribution in [0, 0.1) is 0 Å². The highest BCUT2D eigenvalue weighted by molar-refractivity contribution is 7.91. The lowest BCUT2D eigenvalue weighted by atomic mass is 10.0. The van der Waals surface area contributed by atoms with Crippen molar-refractivity contribution in [1.29, 1.82) is 0 Å². The second-order valence-corrected chi connectivity index (χ2v) is 6.72. The molecule has 14 heavy (non-hydrogen) atoms. The normalized spacial score (nSPS) is 30.4. The zero-order valence-corrected chi connectivity index (χ0v) is 9.78. The van der Waals surface area contributed by atoms with Gasteiger partial charge in [0.25, 0.3) is 0 Å². The first-order chi connectivity index (χ1) is 6.33. The average Bonchev–Trinajstić information content (AvgIpc) is 2.25. The van der Waals surface area contributed by atoms with Crippen molar-refractivity contribution in [2.75, 3.05) is 18.1 Å². The lowest BCUT2D eigenvalue weighted by Crippen LogP contribution is -2.43. The van der Waals surface area contributed by atoms with E-state index in [1.165, 1.54) is 0 Å². The highest BCUT2D eigenvalue weighted by atomic mass is 32.2. The van der Waals surface area contributed by atoms with Crippen molar-refractivity contribution in [2.24, 2.45) is 0 Å². The summed E-state index contributed by atoms with van der Waals surface area (Å²) in [5.74, 6) is 0.597. The van der Waals surface area contributed by atoms with E-state index < -0.39 is 9.84 Å². The van der Waals surface area contributed by atoms with Gasteiger partial charge in [-0.25, -0.2) is 8.42 Å². The van der Waals surface area contributed by atoms with Crippen LogP contribution in [-0.4, -0.2) is 32.0 Å². The minimum absolute atomic E-state index is 0.214. The second kappa shape index (κ2) is 4.03. The minimum Gasteiger partial charge on any atom is -0.310 e. The van der Waals surface area contributed by atoms with E-state index >= 15 is 0 Å². The van der Waals surface area contributed by atoms with Crippen molar-refractivity contribution < 1.29 is 8.42 Å². The molecule has 0 radical (unpaired) electrons. The van der Waals surface area contributed by atoms with E-state index in [4.69, 9.17) is 0 Å². The van der Waals surface area contributed by atoms with Crippen molar-refractivity contribution in [3.8, 4) is 0 Å². The first-order valence-corrected chi connectivity index (χ1v) is 6.75. The first kappa shape index (κ1) is 11.7. The Hall–Kier alpha value is -0.350. The summed E-state index contributed by atoms with van der Waals surface area (Å²) in [6.07, 6.45) is 1.64. The Balaban J connectivity index is 2.41. The molecule has 0 spiro atoms. The first-order valence-electron chi connectivity index (χ1n) is 4.93. The van der Waals surface area contributed by atoms with E-state index in [-0.39, 0.29) is 11.3 Å². The molecule has 0 amide bonds. The van der Waals surface area contributed by atoms with E-state index in [2.05, 4.69) is 11.9 Å². The van der Waals surface area contributed by atoms with Gasteiger partial charge in [-0.3, -0.25) is 0 Å². The summed E-state index contributed by atoms with van der Waals surface area (Å²) in [5.41, 5.74) is 0.913. The van der Waals surface area contributed by atoms with Crippen molar-refractivity contribution in [3.05, 3.63) is 12.2 Å². The molecule has 1 rings (SSSR count). The highest BCUT2D eigenvalue weighted by Gasteiger charge is 2.37. The van der Waals surface area contributed by atoms with Gasteiger partial charge in [0.2, 0.25) is 0 Å². The molecule has 1 aliphatic heterocycles. The Labute approximate surface area is 86.5 Å². The summed E-state index contributed by atoms with van der Waals surface area (Å²) in [6.45, 7) is 8.60. The summed E-state index contributed by atoms with van der Waals surface area (Å²) in [6, 6.07) is 0. The number of hydrogen-bond acceptors (Lipinski definition) is 3. The summed E-state index contributed by atoms with van der Waals surface area (Å²) >= 11 is 0. The van der Waals surface area contributed by atoms with E-state index in [1.807, 2.05) is 13.8 Å². The Bertz CT molecular complexity index is 321. The Morgan fingerprint density at radius 1 is 1.57 bits per heavy atom. The van der Waals surface area contributed by atoms with Gasteiger partial charge in [0.15, 0.2) is 9.84 Å². The standard InChI is InChI=1S/C10H19NO2S/c1-9(2)4-6-11-10(3)5-7-14(12,13)8-10/h11H,1,4-8H2,2-3H3. The lowest BCUT2D eigenvalue weighted by Gasteiger charge is -2.23. The zero-order valence-electron chi connectivity index (χ0n) is 8.97. The SMILES string of the molecule is C=C(C)CCNC1(C)CCS(=O)(=O)C1. The van der Waals surface area contributed by atoms with Crippen LogP contribution in [0.2, 0.25) is 0 Å². The molecule has 0 aromatic carbocycles. The molecular weight excluding hydrogens is 198 g/mol. The molecule has 0 aromatic rings. The quantitative estimate of drug-likeness (QED) is 0.718. The molecule has 1 saturated heterocycles. The highest BCUT2D eigenvalue weighted by Crippen LogP contribution is 2.22. The van der Waals surface area contributed by atoms with Crippen molar-refractivity contribution in [2.45, 2.75) is 32.2 Å². The van der Waals surface area contributed by atoms with Crippen LogP contribution in [0.3, 0.4) is 0 Å². The Kier molecular flexibility index (Phi) is 3.37. The van der Waals surface area contributed by atoms with Gasteiger partial charge in [-0.15, -0.1) is 6.58 Å². The molecule has 0 aliphatic carbocycles. The molecule has 82 valence electrons. The summed E-state index contributed by atoms with van der Waals surface area (Å²) in [4.78, 5) is 0. The zero-order chi connectivity index (χ0) is 10.8. The van der Waals surface area contributed by atoms with Crippen molar-refractivity contribution in [1.82, 2.24) is 5.32 Å². The monoisotopic (exact) mass is 217 g/mol. The van der Waals surface area contributed by atoms with Crippen LogP contribution in [0.5, 0.6) is 0 Å². The maximum absolute atomic E-state index is 11.3. The molecule has 3 nitrogen and oxygen atoms in total. The van der Waals surface area contributed by atoms with Crippen molar-refractivity contribution in [3.63, 3.8) is 0 Å². The van der Waals surface area contributed by atoms with Gasteiger partial charge in [0.1, 0.15) is 0 Å². The molecular formula is C10H19NO2S. The molecule has 1 unspecified atom stereocenters. The third-order valence-electron chi connectivity index (χ3n) is 2.61. The van der Waals surface area contributed by atoms with E-state index in [9.17, 15) is 8.42 Å². The number of sulfone groups is 1. The third kappa shape index (κ3) is 3.42. The number of hydrogen-bond donors (Lipinski definition) is 1. The molecule has 1 aliphatic rings. The largest absolute Gasteiger partial charge is 0.310 e. The molecule has 1 atom stereocenters. The van der Waals surface area contributed by atoms with Gasteiger partial charge in [0.05, 0.1) is 11.5 Å². The van der Waals surface area contributed by atoms with Crippen LogP contribution >= 0.6 is 0 Å². The van der Waals surface area contributed by atoms with Gasteiger partial charge in [0, 0.05) is 5.54 Å². The van der Waals surface area contributed by atoms with E-state index in [1.54, 1.807) is 0 Å². The summed E-state index contributed by atoms with van der Waals surface area (Å²) in [7, 11) is -2.79. The van der Waals surface area contributed by atoms with E-state index in [0.29, 0.717) is 5.75 Å². The number of nitrogens with one attached hydrogen (secondary N) is 1. The van der Waals surface area contributed by atoms with Crippen LogP contribution in [0.15, 0.2) is 12.2 Å². The maximum atomic E-state index is 11.3. The molecule has 0 aromatic heterocycles. The topological polar surface area (TPSA) is 46.2 Å². The molecule has 1 heterocycles. The van der Waals surface area contributed by atoms with Gasteiger partial charge in [-0.05, 0) is 33.2 Å². The van der Waals surface area contributed by atoms with Gasteiger partial charge >= 0.3 is 0 Å². The Morgan fingerprint density at radius 3 is 2.64 bits per heavy atom. The van der Waals surface area contributed by atoms with Crippen LogP contribution in [-0.2, 0) is 9.84 Å². The predicted octanol–water partition coefficient (Wildman–Crippen LogP) is 1.12. The fourth-order valence-electron chi connectivity index (χ4n) is 1.73. The Morgan fingerprint density at radius 2 is 2.21 bits per heavy atom. The fourth-order valence-corrected chi connectivity index (χ4v) is 3.85. The smallest absolute Gasteiger partial charge is 0.152 e. The summed E-state index contributed by atoms with van der Waals surface area (Å²) < 4.78 is 22.6. The summed E-state index contributed by atoms with van der Waals surface area (Å²) in [5, 5.41) is 3.30.